The van der Waals surface area contributed by atoms with Gasteiger partial charge in [-0.1, -0.05) is 60.1 Å². The highest BCUT2D eigenvalue weighted by atomic mass is 35.5. The van der Waals surface area contributed by atoms with Crippen LogP contribution in [-0.4, -0.2) is 24.9 Å². The van der Waals surface area contributed by atoms with E-state index in [1.54, 1.807) is 19.0 Å². The van der Waals surface area contributed by atoms with E-state index in [4.69, 9.17) is 11.6 Å². The minimum absolute atomic E-state index is 0.0453. The van der Waals surface area contributed by atoms with E-state index in [-0.39, 0.29) is 5.91 Å². The lowest BCUT2D eigenvalue weighted by Gasteiger charge is -2.14. The Morgan fingerprint density at radius 1 is 1.00 bits per heavy atom. The van der Waals surface area contributed by atoms with Crippen LogP contribution in [0.25, 0.3) is 11.6 Å². The zero-order chi connectivity index (χ0) is 14.5. The van der Waals surface area contributed by atoms with Crippen molar-refractivity contribution in [2.45, 2.75) is 0 Å². The Morgan fingerprint density at radius 3 is 2.20 bits per heavy atom. The van der Waals surface area contributed by atoms with Crippen molar-refractivity contribution in [1.29, 1.82) is 0 Å². The summed E-state index contributed by atoms with van der Waals surface area (Å²) < 4.78 is 0. The van der Waals surface area contributed by atoms with Gasteiger partial charge in [-0.2, -0.15) is 0 Å². The summed E-state index contributed by atoms with van der Waals surface area (Å²) in [6.07, 6.45) is 1.83. The molecule has 0 saturated heterocycles. The number of carbonyl (C=O) groups excluding carboxylic acids is 1. The summed E-state index contributed by atoms with van der Waals surface area (Å²) in [6, 6.07) is 17.1. The van der Waals surface area contributed by atoms with Gasteiger partial charge in [0.2, 0.25) is 0 Å². The molecule has 0 atom stereocenters. The van der Waals surface area contributed by atoms with Crippen LogP contribution in [0.4, 0.5) is 0 Å². The molecule has 0 unspecified atom stereocenters. The predicted molar refractivity (Wildman–Crippen MR) is 84.5 cm³/mol. The molecule has 0 saturated carbocycles. The lowest BCUT2D eigenvalue weighted by atomic mass is 10.0. The summed E-state index contributed by atoms with van der Waals surface area (Å²) in [5.74, 6) is -0.0453. The average molecular weight is 286 g/mol. The maximum Gasteiger partial charge on any atom is 0.253 e. The van der Waals surface area contributed by atoms with Crippen LogP contribution in [0.3, 0.4) is 0 Å². The lowest BCUT2D eigenvalue weighted by molar-refractivity contribution is -0.122. The summed E-state index contributed by atoms with van der Waals surface area (Å²) >= 11 is 6.17. The second-order valence-corrected chi connectivity index (χ2v) is 5.05. The van der Waals surface area contributed by atoms with Gasteiger partial charge in [-0.3, -0.25) is 4.79 Å². The molecule has 0 radical (unpaired) electrons. The van der Waals surface area contributed by atoms with Crippen molar-refractivity contribution < 1.29 is 4.79 Å². The second-order valence-electron chi connectivity index (χ2n) is 4.65. The minimum atomic E-state index is -0.0453. The van der Waals surface area contributed by atoms with E-state index in [0.29, 0.717) is 10.6 Å². The van der Waals surface area contributed by atoms with Crippen LogP contribution in [0, 0.1) is 0 Å². The van der Waals surface area contributed by atoms with Crippen molar-refractivity contribution in [3.8, 4) is 0 Å². The average Bonchev–Trinajstić information content (AvgIpc) is 2.46. The maximum absolute atomic E-state index is 12.4. The number of nitrogens with zero attached hydrogens (tertiary/aromatic N) is 1. The normalized spacial score (nSPS) is 11.2. The summed E-state index contributed by atoms with van der Waals surface area (Å²) in [5.41, 5.74) is 2.35. The zero-order valence-electron chi connectivity index (χ0n) is 11.5. The van der Waals surface area contributed by atoms with Gasteiger partial charge in [-0.05, 0) is 23.3 Å². The lowest BCUT2D eigenvalue weighted by Crippen LogP contribution is -2.22. The fourth-order valence-corrected chi connectivity index (χ4v) is 2.07. The molecule has 2 rings (SSSR count). The molecule has 0 heterocycles. The third kappa shape index (κ3) is 3.28. The van der Waals surface area contributed by atoms with Crippen LogP contribution in [-0.2, 0) is 4.79 Å². The molecule has 0 aliphatic heterocycles. The zero-order valence-corrected chi connectivity index (χ0v) is 12.3. The van der Waals surface area contributed by atoms with Crippen LogP contribution in [0.15, 0.2) is 54.6 Å². The van der Waals surface area contributed by atoms with Gasteiger partial charge < -0.3 is 4.90 Å². The topological polar surface area (TPSA) is 20.3 Å². The third-order valence-electron chi connectivity index (χ3n) is 2.93. The predicted octanol–water partition coefficient (Wildman–Crippen LogP) is 3.97. The monoisotopic (exact) mass is 285 g/mol. The van der Waals surface area contributed by atoms with Gasteiger partial charge >= 0.3 is 0 Å². The largest absolute Gasteiger partial charge is 0.345 e. The SMILES string of the molecule is CN(C)C(=O)/C(=C/c1ccccc1Cl)c1ccccc1. The molecule has 102 valence electrons. The highest BCUT2D eigenvalue weighted by molar-refractivity contribution is 6.33. The Morgan fingerprint density at radius 2 is 1.60 bits per heavy atom. The Kier molecular flexibility index (Phi) is 4.59. The molecule has 0 bridgehead atoms. The first-order valence-electron chi connectivity index (χ1n) is 6.33. The van der Waals surface area contributed by atoms with E-state index < -0.39 is 0 Å². The first kappa shape index (κ1) is 14.4. The van der Waals surface area contributed by atoms with E-state index in [2.05, 4.69) is 0 Å². The van der Waals surface area contributed by atoms with Gasteiger partial charge in [0.1, 0.15) is 0 Å². The van der Waals surface area contributed by atoms with Crippen LogP contribution in [0.5, 0.6) is 0 Å². The molecule has 0 aliphatic carbocycles. The molecule has 0 aromatic heterocycles. The number of rotatable bonds is 3. The van der Waals surface area contributed by atoms with Crippen molar-refractivity contribution in [3.05, 3.63) is 70.7 Å². The summed E-state index contributed by atoms with van der Waals surface area (Å²) in [6.45, 7) is 0. The smallest absolute Gasteiger partial charge is 0.253 e. The molecule has 0 fully saturated rings. The van der Waals surface area contributed by atoms with Crippen LogP contribution < -0.4 is 0 Å². The van der Waals surface area contributed by atoms with Crippen LogP contribution in [0.1, 0.15) is 11.1 Å². The fourth-order valence-electron chi connectivity index (χ4n) is 1.87. The first-order chi connectivity index (χ1) is 9.59. The number of hydrogen-bond acceptors (Lipinski definition) is 1. The number of amides is 1. The van der Waals surface area contributed by atoms with E-state index in [0.717, 1.165) is 11.1 Å². The Balaban J connectivity index is 2.53. The van der Waals surface area contributed by atoms with E-state index >= 15 is 0 Å². The maximum atomic E-state index is 12.4. The van der Waals surface area contributed by atoms with Gasteiger partial charge in [0.25, 0.3) is 5.91 Å². The quantitative estimate of drug-likeness (QED) is 0.617. The Hall–Kier alpha value is -2.06. The summed E-state index contributed by atoms with van der Waals surface area (Å²) in [5, 5.41) is 0.632. The molecular formula is C17H16ClNO. The van der Waals surface area contributed by atoms with E-state index in [9.17, 15) is 4.79 Å². The molecule has 1 amide bonds. The second kappa shape index (κ2) is 6.40. The van der Waals surface area contributed by atoms with Gasteiger partial charge in [-0.15, -0.1) is 0 Å². The van der Waals surface area contributed by atoms with Crippen molar-refractivity contribution >= 4 is 29.2 Å². The number of likely N-dealkylation sites (N-methyl/N-ethyl adjacent to an activating group) is 1. The Labute approximate surface area is 124 Å². The van der Waals surface area contributed by atoms with Crippen LogP contribution >= 0.6 is 11.6 Å². The number of hydrogen-bond donors (Lipinski definition) is 0. The fraction of sp³-hybridized carbons (Fsp3) is 0.118. The summed E-state index contributed by atoms with van der Waals surface area (Å²) in [7, 11) is 3.48. The first-order valence-corrected chi connectivity index (χ1v) is 6.70. The standard InChI is InChI=1S/C17H16ClNO/c1-19(2)17(20)15(13-8-4-3-5-9-13)12-14-10-6-7-11-16(14)18/h3-12H,1-2H3/b15-12+. The number of benzene rings is 2. The molecule has 3 heteroatoms. The van der Waals surface area contributed by atoms with Gasteiger partial charge in [-0.25, -0.2) is 0 Å². The number of halogens is 1. The minimum Gasteiger partial charge on any atom is -0.345 e. The third-order valence-corrected chi connectivity index (χ3v) is 3.27. The van der Waals surface area contributed by atoms with Crippen molar-refractivity contribution in [2.75, 3.05) is 14.1 Å². The van der Waals surface area contributed by atoms with Crippen molar-refractivity contribution in [1.82, 2.24) is 4.90 Å². The van der Waals surface area contributed by atoms with Gasteiger partial charge in [0.05, 0.1) is 0 Å². The highest BCUT2D eigenvalue weighted by Crippen LogP contribution is 2.24. The molecule has 2 aromatic carbocycles. The number of carbonyl (C=O) groups is 1. The molecule has 0 N–H and O–H groups in total. The van der Waals surface area contributed by atoms with Crippen LogP contribution in [0.2, 0.25) is 5.02 Å². The summed E-state index contributed by atoms with van der Waals surface area (Å²) in [4.78, 5) is 13.9. The Bertz CT molecular complexity index is 632. The van der Waals surface area contributed by atoms with Crippen molar-refractivity contribution in [2.24, 2.45) is 0 Å². The molecular weight excluding hydrogens is 270 g/mol. The van der Waals surface area contributed by atoms with Crippen molar-refractivity contribution in [3.63, 3.8) is 0 Å². The molecule has 20 heavy (non-hydrogen) atoms. The van der Waals surface area contributed by atoms with Gasteiger partial charge in [0, 0.05) is 24.7 Å². The van der Waals surface area contributed by atoms with E-state index in [1.165, 1.54) is 0 Å². The molecule has 0 spiro atoms. The molecule has 0 aliphatic rings. The molecule has 2 nitrogen and oxygen atoms in total. The van der Waals surface area contributed by atoms with Gasteiger partial charge in [0.15, 0.2) is 0 Å². The highest BCUT2D eigenvalue weighted by Gasteiger charge is 2.14. The van der Waals surface area contributed by atoms with E-state index in [1.807, 2.05) is 60.7 Å². The molecule has 2 aromatic rings.